The number of amides is 1. The molecule has 14 heavy (non-hydrogen) atoms. The zero-order valence-electron chi connectivity index (χ0n) is 7.99. The highest BCUT2D eigenvalue weighted by atomic mass is 16.2. The van der Waals surface area contributed by atoms with Crippen molar-refractivity contribution < 1.29 is 4.79 Å². The van der Waals surface area contributed by atoms with Gasteiger partial charge in [-0.2, -0.15) is 5.10 Å². The van der Waals surface area contributed by atoms with Crippen LogP contribution in [0.2, 0.25) is 0 Å². The van der Waals surface area contributed by atoms with E-state index in [-0.39, 0.29) is 11.4 Å². The minimum absolute atomic E-state index is 0.139. The fraction of sp³-hybridized carbons (Fsp3) is 0.600. The third-order valence-corrected chi connectivity index (χ3v) is 3.39. The molecule has 2 aliphatic rings. The lowest BCUT2D eigenvalue weighted by Crippen LogP contribution is -2.41. The zero-order chi connectivity index (χ0) is 9.60. The minimum Gasteiger partial charge on any atom is -0.309 e. The molecule has 1 aromatic rings. The van der Waals surface area contributed by atoms with Crippen molar-refractivity contribution >= 4 is 11.7 Å². The van der Waals surface area contributed by atoms with E-state index in [1.165, 1.54) is 6.42 Å². The Kier molecular flexibility index (Phi) is 1.48. The fourth-order valence-electron chi connectivity index (χ4n) is 2.64. The summed E-state index contributed by atoms with van der Waals surface area (Å²) in [7, 11) is 0. The normalized spacial score (nSPS) is 23.6. The first-order valence-corrected chi connectivity index (χ1v) is 5.19. The molecule has 4 heteroatoms. The molecule has 0 saturated heterocycles. The highest BCUT2D eigenvalue weighted by Crippen LogP contribution is 2.40. The summed E-state index contributed by atoms with van der Waals surface area (Å²) in [4.78, 5) is 11.9. The third-order valence-electron chi connectivity index (χ3n) is 3.39. The summed E-state index contributed by atoms with van der Waals surface area (Å²) >= 11 is 0. The second-order valence-corrected chi connectivity index (χ2v) is 4.17. The average molecular weight is 191 g/mol. The first kappa shape index (κ1) is 8.03. The number of rotatable bonds is 0. The summed E-state index contributed by atoms with van der Waals surface area (Å²) in [5.41, 5.74) is -0.350. The van der Waals surface area contributed by atoms with E-state index in [9.17, 15) is 4.79 Å². The smallest absolute Gasteiger partial charge is 0.253 e. The van der Waals surface area contributed by atoms with E-state index in [0.717, 1.165) is 31.5 Å². The molecule has 74 valence electrons. The Labute approximate surface area is 82.3 Å². The minimum atomic E-state index is -0.350. The molecule has 1 spiro atoms. The number of fused-ring (bicyclic) bond motifs is 2. The molecule has 0 aromatic carbocycles. The molecular formula is C10H13N3O. The first-order chi connectivity index (χ1) is 6.83. The molecular weight excluding hydrogens is 178 g/mol. The molecule has 1 amide bonds. The van der Waals surface area contributed by atoms with E-state index in [1.807, 2.05) is 10.7 Å². The van der Waals surface area contributed by atoms with Gasteiger partial charge in [0.15, 0.2) is 0 Å². The van der Waals surface area contributed by atoms with Gasteiger partial charge in [0, 0.05) is 6.07 Å². The van der Waals surface area contributed by atoms with Crippen molar-refractivity contribution in [3.63, 3.8) is 0 Å². The monoisotopic (exact) mass is 191 g/mol. The predicted octanol–water partition coefficient (Wildman–Crippen LogP) is 1.49. The summed E-state index contributed by atoms with van der Waals surface area (Å²) in [6.07, 6.45) is 7.14. The highest BCUT2D eigenvalue weighted by molar-refractivity contribution is 5.99. The van der Waals surface area contributed by atoms with Crippen LogP contribution >= 0.6 is 0 Å². The van der Waals surface area contributed by atoms with Gasteiger partial charge in [-0.1, -0.05) is 19.3 Å². The number of nitrogens with zero attached hydrogens (tertiary/aromatic N) is 2. The quantitative estimate of drug-likeness (QED) is 0.675. The van der Waals surface area contributed by atoms with Gasteiger partial charge in [0.1, 0.15) is 11.4 Å². The van der Waals surface area contributed by atoms with E-state index in [4.69, 9.17) is 0 Å². The van der Waals surface area contributed by atoms with Gasteiger partial charge in [0.2, 0.25) is 0 Å². The maximum absolute atomic E-state index is 11.9. The lowest BCUT2D eigenvalue weighted by molar-refractivity contribution is -0.124. The van der Waals surface area contributed by atoms with Crippen LogP contribution in [0.1, 0.15) is 32.1 Å². The molecule has 1 fully saturated rings. The van der Waals surface area contributed by atoms with Gasteiger partial charge in [-0.3, -0.25) is 4.79 Å². The standard InChI is InChI=1S/C10H13N3O/c14-9-10(5-2-1-3-6-10)13-8(12-9)4-7-11-13/h4,7H,1-3,5-6H2,(H,12,14). The lowest BCUT2D eigenvalue weighted by atomic mass is 9.82. The van der Waals surface area contributed by atoms with Crippen LogP contribution in [0.25, 0.3) is 0 Å². The Balaban J connectivity index is 2.09. The summed E-state index contributed by atoms with van der Waals surface area (Å²) < 4.78 is 1.88. The zero-order valence-corrected chi connectivity index (χ0v) is 7.99. The summed E-state index contributed by atoms with van der Waals surface area (Å²) in [6.45, 7) is 0. The van der Waals surface area contributed by atoms with Crippen molar-refractivity contribution in [2.45, 2.75) is 37.6 Å². The van der Waals surface area contributed by atoms with Crippen LogP contribution in [0.3, 0.4) is 0 Å². The molecule has 0 atom stereocenters. The second kappa shape index (κ2) is 2.59. The van der Waals surface area contributed by atoms with Gasteiger partial charge in [-0.15, -0.1) is 0 Å². The van der Waals surface area contributed by atoms with Crippen molar-refractivity contribution in [1.29, 1.82) is 0 Å². The van der Waals surface area contributed by atoms with E-state index >= 15 is 0 Å². The number of anilines is 1. The van der Waals surface area contributed by atoms with Gasteiger partial charge in [0.25, 0.3) is 5.91 Å². The molecule has 3 rings (SSSR count). The largest absolute Gasteiger partial charge is 0.309 e. The average Bonchev–Trinajstić information content (AvgIpc) is 2.74. The molecule has 0 radical (unpaired) electrons. The lowest BCUT2D eigenvalue weighted by Gasteiger charge is -2.31. The first-order valence-electron chi connectivity index (χ1n) is 5.19. The van der Waals surface area contributed by atoms with Gasteiger partial charge in [-0.25, -0.2) is 4.68 Å². The summed E-state index contributed by atoms with van der Waals surface area (Å²) in [5, 5.41) is 7.16. The number of hydrogen-bond donors (Lipinski definition) is 1. The number of hydrogen-bond acceptors (Lipinski definition) is 2. The Hall–Kier alpha value is -1.32. The fourth-order valence-corrected chi connectivity index (χ4v) is 2.64. The Morgan fingerprint density at radius 3 is 2.93 bits per heavy atom. The SMILES string of the molecule is O=C1Nc2ccnn2C12CCCCC2. The van der Waals surface area contributed by atoms with Gasteiger partial charge in [0.05, 0.1) is 6.20 Å². The van der Waals surface area contributed by atoms with Crippen molar-refractivity contribution in [2.24, 2.45) is 0 Å². The van der Waals surface area contributed by atoms with Crippen molar-refractivity contribution in [2.75, 3.05) is 5.32 Å². The summed E-state index contributed by atoms with van der Waals surface area (Å²) in [6, 6.07) is 1.86. The summed E-state index contributed by atoms with van der Waals surface area (Å²) in [5.74, 6) is 0.997. The number of nitrogens with one attached hydrogen (secondary N) is 1. The van der Waals surface area contributed by atoms with E-state index in [2.05, 4.69) is 10.4 Å². The molecule has 1 saturated carbocycles. The molecule has 4 nitrogen and oxygen atoms in total. The van der Waals surface area contributed by atoms with Crippen LogP contribution in [-0.4, -0.2) is 15.7 Å². The maximum atomic E-state index is 11.9. The van der Waals surface area contributed by atoms with E-state index in [1.54, 1.807) is 6.20 Å². The Bertz CT molecular complexity index is 376. The van der Waals surface area contributed by atoms with E-state index < -0.39 is 0 Å². The van der Waals surface area contributed by atoms with Gasteiger partial charge in [-0.05, 0) is 12.8 Å². The molecule has 0 unspecified atom stereocenters. The van der Waals surface area contributed by atoms with Crippen molar-refractivity contribution in [3.05, 3.63) is 12.3 Å². The molecule has 1 aliphatic carbocycles. The number of carbonyl (C=O) groups excluding carboxylic acids is 1. The van der Waals surface area contributed by atoms with Crippen molar-refractivity contribution in [1.82, 2.24) is 9.78 Å². The maximum Gasteiger partial charge on any atom is 0.253 e. The van der Waals surface area contributed by atoms with Crippen LogP contribution in [0, 0.1) is 0 Å². The molecule has 1 aliphatic heterocycles. The second-order valence-electron chi connectivity index (χ2n) is 4.17. The predicted molar refractivity (Wildman–Crippen MR) is 51.9 cm³/mol. The van der Waals surface area contributed by atoms with Gasteiger partial charge >= 0.3 is 0 Å². The Morgan fingerprint density at radius 2 is 2.14 bits per heavy atom. The van der Waals surface area contributed by atoms with Crippen LogP contribution in [-0.2, 0) is 10.3 Å². The van der Waals surface area contributed by atoms with Crippen LogP contribution in [0.4, 0.5) is 5.82 Å². The molecule has 1 N–H and O–H groups in total. The third kappa shape index (κ3) is 0.832. The van der Waals surface area contributed by atoms with Crippen LogP contribution in [0.5, 0.6) is 0 Å². The molecule has 1 aromatic heterocycles. The van der Waals surface area contributed by atoms with Crippen LogP contribution in [0.15, 0.2) is 12.3 Å². The number of aromatic nitrogens is 2. The topological polar surface area (TPSA) is 46.9 Å². The van der Waals surface area contributed by atoms with Crippen LogP contribution < -0.4 is 5.32 Å². The Morgan fingerprint density at radius 1 is 1.36 bits per heavy atom. The van der Waals surface area contributed by atoms with Gasteiger partial charge < -0.3 is 5.32 Å². The highest BCUT2D eigenvalue weighted by Gasteiger charge is 2.47. The number of carbonyl (C=O) groups is 1. The molecule has 0 bridgehead atoms. The van der Waals surface area contributed by atoms with E-state index in [0.29, 0.717) is 0 Å². The van der Waals surface area contributed by atoms with Crippen molar-refractivity contribution in [3.8, 4) is 0 Å². The molecule has 2 heterocycles.